The highest BCUT2D eigenvalue weighted by Crippen LogP contribution is 2.46. The van der Waals surface area contributed by atoms with Crippen molar-refractivity contribution in [3.05, 3.63) is 29.3 Å². The number of hydrogen-bond acceptors (Lipinski definition) is 3. The lowest BCUT2D eigenvalue weighted by atomic mass is 9.65. The molecule has 1 aromatic heterocycles. The summed E-state index contributed by atoms with van der Waals surface area (Å²) in [6, 6.07) is 8.35. The minimum absolute atomic E-state index is 0.141. The number of para-hydroxylation sites is 1. The third-order valence-corrected chi connectivity index (χ3v) is 6.64. The number of rotatable bonds is 4. The molecule has 1 fully saturated rings. The van der Waals surface area contributed by atoms with Gasteiger partial charge < -0.3 is 10.2 Å². The number of aliphatic imine (C=N–C) groups is 1. The van der Waals surface area contributed by atoms with E-state index in [0.29, 0.717) is 5.41 Å². The van der Waals surface area contributed by atoms with Gasteiger partial charge in [-0.2, -0.15) is 0 Å². The predicted molar refractivity (Wildman–Crippen MR) is 104 cm³/mol. The summed E-state index contributed by atoms with van der Waals surface area (Å²) in [5.74, 6) is 1.02. The maximum atomic E-state index is 4.70. The van der Waals surface area contributed by atoms with Gasteiger partial charge >= 0.3 is 0 Å². The van der Waals surface area contributed by atoms with E-state index < -0.39 is 0 Å². The Morgan fingerprint density at radius 1 is 1.29 bits per heavy atom. The molecule has 0 aliphatic carbocycles. The highest BCUT2D eigenvalue weighted by atomic mass is 32.1. The molecule has 0 unspecified atom stereocenters. The second-order valence-corrected chi connectivity index (χ2v) is 8.80. The minimum Gasteiger partial charge on any atom is -0.356 e. The molecule has 1 aromatic carbocycles. The monoisotopic (exact) mass is 344 g/mol. The summed E-state index contributed by atoms with van der Waals surface area (Å²) >= 11 is 1.80. The number of thiazole rings is 1. The van der Waals surface area contributed by atoms with Crippen molar-refractivity contribution in [1.82, 2.24) is 15.2 Å². The van der Waals surface area contributed by atoms with Crippen LogP contribution in [-0.4, -0.2) is 41.5 Å². The van der Waals surface area contributed by atoms with Crippen LogP contribution in [0.3, 0.4) is 0 Å². The van der Waals surface area contributed by atoms with Crippen molar-refractivity contribution in [2.45, 2.75) is 46.1 Å². The van der Waals surface area contributed by atoms with E-state index in [1.54, 1.807) is 11.3 Å². The summed E-state index contributed by atoms with van der Waals surface area (Å²) in [6.45, 7) is 11.2. The van der Waals surface area contributed by atoms with Crippen LogP contribution in [0.4, 0.5) is 0 Å². The number of aromatic nitrogens is 1. The van der Waals surface area contributed by atoms with Crippen molar-refractivity contribution in [1.29, 1.82) is 0 Å². The Balaban J connectivity index is 1.50. The molecule has 1 aliphatic rings. The topological polar surface area (TPSA) is 40.5 Å². The van der Waals surface area contributed by atoms with Gasteiger partial charge in [0.1, 0.15) is 0 Å². The van der Waals surface area contributed by atoms with E-state index in [2.05, 4.69) is 61.1 Å². The highest BCUT2D eigenvalue weighted by molar-refractivity contribution is 7.18. The van der Waals surface area contributed by atoms with Gasteiger partial charge in [-0.05, 0) is 32.4 Å². The fourth-order valence-electron chi connectivity index (χ4n) is 3.16. The Labute approximate surface area is 149 Å². The summed E-state index contributed by atoms with van der Waals surface area (Å²) < 4.78 is 1.28. The molecular formula is C19H28N4S. The van der Waals surface area contributed by atoms with Crippen molar-refractivity contribution in [3.63, 3.8) is 0 Å². The highest BCUT2D eigenvalue weighted by Gasteiger charge is 2.53. The summed E-state index contributed by atoms with van der Waals surface area (Å²) in [7, 11) is 1.87. The number of guanidine groups is 1. The molecule has 5 heteroatoms. The van der Waals surface area contributed by atoms with Crippen molar-refractivity contribution >= 4 is 27.5 Å². The number of hydrogen-bond donors (Lipinski definition) is 1. The Morgan fingerprint density at radius 3 is 2.67 bits per heavy atom. The lowest BCUT2D eigenvalue weighted by Crippen LogP contribution is -2.72. The third kappa shape index (κ3) is 3.02. The molecule has 130 valence electrons. The zero-order valence-corrected chi connectivity index (χ0v) is 16.2. The number of aryl methyl sites for hydroxylation is 1. The molecule has 3 rings (SSSR count). The minimum atomic E-state index is 0.141. The lowest BCUT2D eigenvalue weighted by molar-refractivity contribution is -0.0667. The van der Waals surface area contributed by atoms with Crippen LogP contribution < -0.4 is 5.32 Å². The van der Waals surface area contributed by atoms with E-state index in [0.717, 1.165) is 37.4 Å². The Kier molecular flexibility index (Phi) is 4.56. The molecule has 2 aromatic rings. The van der Waals surface area contributed by atoms with Gasteiger partial charge in [-0.15, -0.1) is 11.3 Å². The van der Waals surface area contributed by atoms with E-state index in [1.807, 2.05) is 13.1 Å². The standard InChI is InChI=1S/C19H28N4S/c1-18(2)13-23(19(18,3)4)17(20-5)21-12-8-11-16-22-14-9-6-7-10-15(14)24-16/h6-7,9-10H,8,11-13H2,1-5H3,(H,20,21). The molecule has 2 heterocycles. The summed E-state index contributed by atoms with van der Waals surface area (Å²) in [6.07, 6.45) is 2.08. The second kappa shape index (κ2) is 6.36. The second-order valence-electron chi connectivity index (χ2n) is 7.68. The molecule has 0 atom stereocenters. The van der Waals surface area contributed by atoms with E-state index >= 15 is 0 Å². The van der Waals surface area contributed by atoms with E-state index in [1.165, 1.54) is 9.71 Å². The van der Waals surface area contributed by atoms with Crippen LogP contribution in [0.2, 0.25) is 0 Å². The smallest absolute Gasteiger partial charge is 0.194 e. The molecule has 0 radical (unpaired) electrons. The van der Waals surface area contributed by atoms with Crippen molar-refractivity contribution in [2.24, 2.45) is 10.4 Å². The summed E-state index contributed by atoms with van der Waals surface area (Å²) in [5.41, 5.74) is 1.58. The molecule has 4 nitrogen and oxygen atoms in total. The molecular weight excluding hydrogens is 316 g/mol. The number of fused-ring (bicyclic) bond motifs is 1. The average Bonchev–Trinajstić information content (AvgIpc) is 2.96. The molecule has 1 N–H and O–H groups in total. The van der Waals surface area contributed by atoms with Crippen LogP contribution in [0.15, 0.2) is 29.3 Å². The van der Waals surface area contributed by atoms with Crippen LogP contribution in [-0.2, 0) is 6.42 Å². The van der Waals surface area contributed by atoms with Gasteiger partial charge in [0.25, 0.3) is 0 Å². The molecule has 0 spiro atoms. The Hall–Kier alpha value is -1.62. The van der Waals surface area contributed by atoms with Crippen molar-refractivity contribution in [2.75, 3.05) is 20.1 Å². The molecule has 1 saturated heterocycles. The van der Waals surface area contributed by atoms with Gasteiger partial charge in [-0.1, -0.05) is 26.0 Å². The number of nitrogens with one attached hydrogen (secondary N) is 1. The summed E-state index contributed by atoms with van der Waals surface area (Å²) in [5, 5.41) is 4.74. The lowest BCUT2D eigenvalue weighted by Gasteiger charge is -2.62. The molecule has 0 saturated carbocycles. The third-order valence-electron chi connectivity index (χ3n) is 5.54. The van der Waals surface area contributed by atoms with Crippen molar-refractivity contribution in [3.8, 4) is 0 Å². The first-order valence-electron chi connectivity index (χ1n) is 8.68. The first kappa shape index (κ1) is 17.2. The van der Waals surface area contributed by atoms with E-state index in [-0.39, 0.29) is 5.54 Å². The average molecular weight is 345 g/mol. The number of likely N-dealkylation sites (tertiary alicyclic amines) is 1. The zero-order valence-electron chi connectivity index (χ0n) is 15.4. The largest absolute Gasteiger partial charge is 0.356 e. The first-order chi connectivity index (χ1) is 11.3. The van der Waals surface area contributed by atoms with Gasteiger partial charge in [0.15, 0.2) is 5.96 Å². The molecule has 1 aliphatic heterocycles. The van der Waals surface area contributed by atoms with Crippen LogP contribution in [0.5, 0.6) is 0 Å². The molecule has 0 bridgehead atoms. The Bertz CT molecular complexity index is 712. The maximum absolute atomic E-state index is 4.70. The maximum Gasteiger partial charge on any atom is 0.194 e. The fraction of sp³-hybridized carbons (Fsp3) is 0.579. The van der Waals surface area contributed by atoms with Crippen molar-refractivity contribution < 1.29 is 0 Å². The summed E-state index contributed by atoms with van der Waals surface area (Å²) in [4.78, 5) is 11.6. The van der Waals surface area contributed by atoms with Gasteiger partial charge in [0.2, 0.25) is 0 Å². The van der Waals surface area contributed by atoms with Gasteiger partial charge in [-0.25, -0.2) is 4.98 Å². The van der Waals surface area contributed by atoms with Crippen LogP contribution >= 0.6 is 11.3 Å². The number of benzene rings is 1. The van der Waals surface area contributed by atoms with Gasteiger partial charge in [-0.3, -0.25) is 4.99 Å². The number of nitrogens with zero attached hydrogens (tertiary/aromatic N) is 3. The van der Waals surface area contributed by atoms with Crippen LogP contribution in [0.1, 0.15) is 39.1 Å². The fourth-order valence-corrected chi connectivity index (χ4v) is 4.17. The van der Waals surface area contributed by atoms with Crippen LogP contribution in [0.25, 0.3) is 10.2 Å². The molecule has 24 heavy (non-hydrogen) atoms. The predicted octanol–water partition coefficient (Wildman–Crippen LogP) is 3.92. The molecule has 0 amide bonds. The quantitative estimate of drug-likeness (QED) is 0.519. The van der Waals surface area contributed by atoms with Gasteiger partial charge in [0.05, 0.1) is 15.2 Å². The SMILES string of the molecule is CN=C(NCCCc1nc2ccccc2s1)N1CC(C)(C)C1(C)C. The normalized spacial score (nSPS) is 19.4. The Morgan fingerprint density at radius 2 is 2.04 bits per heavy atom. The van der Waals surface area contributed by atoms with E-state index in [4.69, 9.17) is 4.98 Å². The van der Waals surface area contributed by atoms with Gasteiger partial charge in [0, 0.05) is 37.5 Å². The zero-order chi connectivity index (χ0) is 17.4. The van der Waals surface area contributed by atoms with E-state index in [9.17, 15) is 0 Å². The first-order valence-corrected chi connectivity index (χ1v) is 9.49. The van der Waals surface area contributed by atoms with Crippen LogP contribution in [0, 0.1) is 5.41 Å².